The molecule has 1 N–H and O–H groups in total. The van der Waals surface area contributed by atoms with Crippen LogP contribution >= 0.6 is 0 Å². The van der Waals surface area contributed by atoms with Gasteiger partial charge in [0.15, 0.2) is 0 Å². The molecule has 2 aromatic rings. The molecule has 0 saturated heterocycles. The molecule has 1 aliphatic heterocycles. The minimum Gasteiger partial charge on any atom is -0.375 e. The van der Waals surface area contributed by atoms with E-state index in [1.165, 1.54) is 16.8 Å². The van der Waals surface area contributed by atoms with E-state index in [0.29, 0.717) is 25.3 Å². The maximum absolute atomic E-state index is 12.8. The second kappa shape index (κ2) is 3.85. The van der Waals surface area contributed by atoms with E-state index in [0.717, 1.165) is 11.3 Å². The van der Waals surface area contributed by atoms with Crippen molar-refractivity contribution in [3.8, 4) is 5.69 Å². The van der Waals surface area contributed by atoms with Crippen LogP contribution in [0, 0.1) is 5.82 Å². The molecule has 0 amide bonds. The highest BCUT2D eigenvalue weighted by atomic mass is 19.1. The number of aromatic nitrogens is 2. The second-order valence-corrected chi connectivity index (χ2v) is 3.99. The van der Waals surface area contributed by atoms with Crippen molar-refractivity contribution in [2.45, 2.75) is 13.0 Å². The molecule has 0 bridgehead atoms. The zero-order valence-electron chi connectivity index (χ0n) is 9.07. The molecule has 1 aliphatic rings. The van der Waals surface area contributed by atoms with Gasteiger partial charge in [-0.3, -0.25) is 9.89 Å². The Labute approximate surface area is 96.6 Å². The summed E-state index contributed by atoms with van der Waals surface area (Å²) in [6, 6.07) is 5.80. The Morgan fingerprint density at radius 3 is 2.76 bits per heavy atom. The van der Waals surface area contributed by atoms with Gasteiger partial charge in [0.05, 0.1) is 24.6 Å². The molecule has 0 unspecified atom stereocenters. The highest BCUT2D eigenvalue weighted by Gasteiger charge is 2.18. The Morgan fingerprint density at radius 1 is 1.29 bits per heavy atom. The lowest BCUT2D eigenvalue weighted by molar-refractivity contribution is 0.108. The van der Waals surface area contributed by atoms with Crippen LogP contribution in [0.5, 0.6) is 0 Å². The third-order valence-corrected chi connectivity index (χ3v) is 2.90. The molecule has 0 atom stereocenters. The first-order valence-corrected chi connectivity index (χ1v) is 5.42. The van der Waals surface area contributed by atoms with E-state index in [-0.39, 0.29) is 11.4 Å². The highest BCUT2D eigenvalue weighted by Crippen LogP contribution is 2.13. The van der Waals surface area contributed by atoms with E-state index in [1.54, 1.807) is 12.1 Å². The number of benzene rings is 1. The van der Waals surface area contributed by atoms with Crippen molar-refractivity contribution in [3.05, 3.63) is 51.7 Å². The van der Waals surface area contributed by atoms with Gasteiger partial charge in [0.25, 0.3) is 5.56 Å². The summed E-state index contributed by atoms with van der Waals surface area (Å²) in [6.45, 7) is 1.00. The number of fused-ring (bicyclic) bond motifs is 1. The zero-order valence-corrected chi connectivity index (χ0v) is 9.07. The Hall–Kier alpha value is -1.88. The van der Waals surface area contributed by atoms with Gasteiger partial charge in [-0.1, -0.05) is 0 Å². The molecule has 1 aromatic heterocycles. The Morgan fingerprint density at radius 2 is 2.06 bits per heavy atom. The molecule has 88 valence electrons. The number of H-pyrrole nitrogens is 1. The molecule has 0 fully saturated rings. The summed E-state index contributed by atoms with van der Waals surface area (Å²) in [4.78, 5) is 12.1. The van der Waals surface area contributed by atoms with Gasteiger partial charge < -0.3 is 4.74 Å². The van der Waals surface area contributed by atoms with Gasteiger partial charge in [0.1, 0.15) is 5.82 Å². The number of aromatic amines is 1. The number of hydrogen-bond acceptors (Lipinski definition) is 2. The molecule has 0 saturated carbocycles. The lowest BCUT2D eigenvalue weighted by Crippen LogP contribution is -2.19. The number of rotatable bonds is 1. The van der Waals surface area contributed by atoms with Crippen LogP contribution < -0.4 is 5.56 Å². The van der Waals surface area contributed by atoms with Crippen molar-refractivity contribution >= 4 is 0 Å². The molecule has 1 aromatic carbocycles. The molecule has 17 heavy (non-hydrogen) atoms. The number of nitrogens with one attached hydrogen (secondary N) is 1. The molecule has 5 heteroatoms. The van der Waals surface area contributed by atoms with Gasteiger partial charge in [0, 0.05) is 12.0 Å². The smallest absolute Gasteiger partial charge is 0.274 e. The monoisotopic (exact) mass is 234 g/mol. The topological polar surface area (TPSA) is 47.0 Å². The fraction of sp³-hybridized carbons (Fsp3) is 0.250. The molecule has 0 aliphatic carbocycles. The van der Waals surface area contributed by atoms with E-state index < -0.39 is 0 Å². The predicted molar refractivity (Wildman–Crippen MR) is 59.7 cm³/mol. The van der Waals surface area contributed by atoms with Crippen molar-refractivity contribution < 1.29 is 9.13 Å². The van der Waals surface area contributed by atoms with E-state index in [1.807, 2.05) is 0 Å². The van der Waals surface area contributed by atoms with Crippen LogP contribution in [-0.2, 0) is 17.8 Å². The van der Waals surface area contributed by atoms with Crippen molar-refractivity contribution in [2.75, 3.05) is 6.61 Å². The highest BCUT2D eigenvalue weighted by molar-refractivity contribution is 5.33. The van der Waals surface area contributed by atoms with Crippen LogP contribution in [0.15, 0.2) is 29.1 Å². The van der Waals surface area contributed by atoms with E-state index in [2.05, 4.69) is 5.10 Å². The average molecular weight is 234 g/mol. The summed E-state index contributed by atoms with van der Waals surface area (Å²) in [6.07, 6.45) is 0.624. The molecular weight excluding hydrogens is 223 g/mol. The first kappa shape index (κ1) is 10.3. The van der Waals surface area contributed by atoms with Crippen molar-refractivity contribution in [2.24, 2.45) is 0 Å². The summed E-state index contributed by atoms with van der Waals surface area (Å²) >= 11 is 0. The number of hydrogen-bond donors (Lipinski definition) is 1. The standard InChI is InChI=1S/C12H11FN2O2/c13-8-1-3-9(4-2-8)15-12(16)10-5-6-17-7-11(10)14-15/h1-4,14H,5-7H2. The quantitative estimate of drug-likeness (QED) is 0.810. The lowest BCUT2D eigenvalue weighted by Gasteiger charge is -2.08. The van der Waals surface area contributed by atoms with Crippen molar-refractivity contribution in [1.29, 1.82) is 0 Å². The maximum Gasteiger partial charge on any atom is 0.274 e. The second-order valence-electron chi connectivity index (χ2n) is 3.99. The Bertz CT molecular complexity index is 598. The van der Waals surface area contributed by atoms with Crippen LogP contribution in [0.3, 0.4) is 0 Å². The number of ether oxygens (including phenoxy) is 1. The van der Waals surface area contributed by atoms with Gasteiger partial charge >= 0.3 is 0 Å². The third kappa shape index (κ3) is 1.68. The van der Waals surface area contributed by atoms with E-state index in [9.17, 15) is 9.18 Å². The fourth-order valence-electron chi connectivity index (χ4n) is 2.01. The van der Waals surface area contributed by atoms with Gasteiger partial charge in [-0.15, -0.1) is 0 Å². The summed E-state index contributed by atoms with van der Waals surface area (Å²) in [5.41, 5.74) is 2.13. The summed E-state index contributed by atoms with van der Waals surface area (Å²) < 4.78 is 19.5. The lowest BCUT2D eigenvalue weighted by atomic mass is 10.1. The molecule has 0 spiro atoms. The maximum atomic E-state index is 12.8. The number of halogens is 1. The molecule has 4 nitrogen and oxygen atoms in total. The summed E-state index contributed by atoms with van der Waals surface area (Å²) in [7, 11) is 0. The molecule has 0 radical (unpaired) electrons. The van der Waals surface area contributed by atoms with Gasteiger partial charge in [0.2, 0.25) is 0 Å². The van der Waals surface area contributed by atoms with Gasteiger partial charge in [-0.25, -0.2) is 9.07 Å². The first-order chi connectivity index (χ1) is 8.25. The molecule has 3 rings (SSSR count). The first-order valence-electron chi connectivity index (χ1n) is 5.42. The minimum absolute atomic E-state index is 0.0742. The van der Waals surface area contributed by atoms with Gasteiger partial charge in [-0.05, 0) is 24.3 Å². The molecule has 2 heterocycles. The van der Waals surface area contributed by atoms with Crippen LogP contribution in [0.2, 0.25) is 0 Å². The SMILES string of the molecule is O=c1c2c([nH]n1-c1ccc(F)cc1)COCC2. The van der Waals surface area contributed by atoms with Crippen LogP contribution in [0.4, 0.5) is 4.39 Å². The van der Waals surface area contributed by atoms with Crippen LogP contribution in [-0.4, -0.2) is 16.4 Å². The normalized spacial score (nSPS) is 14.6. The van der Waals surface area contributed by atoms with Crippen molar-refractivity contribution in [1.82, 2.24) is 9.78 Å². The van der Waals surface area contributed by atoms with Crippen LogP contribution in [0.1, 0.15) is 11.3 Å². The largest absolute Gasteiger partial charge is 0.375 e. The van der Waals surface area contributed by atoms with Crippen molar-refractivity contribution in [3.63, 3.8) is 0 Å². The number of nitrogens with zero attached hydrogens (tertiary/aromatic N) is 1. The zero-order chi connectivity index (χ0) is 11.8. The van der Waals surface area contributed by atoms with Crippen LogP contribution in [0.25, 0.3) is 5.69 Å². The minimum atomic E-state index is -0.318. The van der Waals surface area contributed by atoms with Gasteiger partial charge in [-0.2, -0.15) is 0 Å². The van der Waals surface area contributed by atoms with E-state index in [4.69, 9.17) is 4.74 Å². The Kier molecular flexibility index (Phi) is 2.33. The summed E-state index contributed by atoms with van der Waals surface area (Å²) in [5, 5.41) is 2.99. The fourth-order valence-corrected chi connectivity index (χ4v) is 2.01. The summed E-state index contributed by atoms with van der Waals surface area (Å²) in [5.74, 6) is -0.318. The molecular formula is C12H11FN2O2. The predicted octanol–water partition coefficient (Wildman–Crippen LogP) is 1.38. The van der Waals surface area contributed by atoms with E-state index >= 15 is 0 Å². The average Bonchev–Trinajstić information content (AvgIpc) is 2.69. The Balaban J connectivity index is 2.12. The third-order valence-electron chi connectivity index (χ3n) is 2.90.